The van der Waals surface area contributed by atoms with Crippen LogP contribution in [0.4, 0.5) is 0 Å². The summed E-state index contributed by atoms with van der Waals surface area (Å²) in [5.74, 6) is 0.650. The van der Waals surface area contributed by atoms with Crippen molar-refractivity contribution in [3.8, 4) is 0 Å². The minimum absolute atomic E-state index is 0.550. The molecular formula is C15H22N2S. The van der Waals surface area contributed by atoms with Crippen LogP contribution < -0.4 is 5.32 Å². The summed E-state index contributed by atoms with van der Waals surface area (Å²) in [4.78, 5) is 1.41. The van der Waals surface area contributed by atoms with Gasteiger partial charge in [0.1, 0.15) is 0 Å². The maximum atomic E-state index is 4.53. The van der Waals surface area contributed by atoms with Crippen LogP contribution in [0.1, 0.15) is 32.1 Å². The summed E-state index contributed by atoms with van der Waals surface area (Å²) in [5, 5.41) is 4.98. The molecule has 0 bridgehead atoms. The van der Waals surface area contributed by atoms with E-state index in [1.54, 1.807) is 11.5 Å². The van der Waals surface area contributed by atoms with Gasteiger partial charge in [0.2, 0.25) is 0 Å². The highest BCUT2D eigenvalue weighted by molar-refractivity contribution is 7.07. The van der Waals surface area contributed by atoms with Crippen molar-refractivity contribution in [1.82, 2.24) is 9.69 Å². The minimum Gasteiger partial charge on any atom is -0.313 e. The Morgan fingerprint density at radius 3 is 2.78 bits per heavy atom. The molecule has 1 unspecified atom stereocenters. The largest absolute Gasteiger partial charge is 0.313 e. The molecule has 0 fully saturated rings. The van der Waals surface area contributed by atoms with Gasteiger partial charge in [0.25, 0.3) is 0 Å². The average molecular weight is 262 g/mol. The van der Waals surface area contributed by atoms with E-state index in [4.69, 9.17) is 0 Å². The van der Waals surface area contributed by atoms with E-state index < -0.39 is 0 Å². The fourth-order valence-corrected chi connectivity index (χ4v) is 3.06. The van der Waals surface area contributed by atoms with E-state index in [1.807, 2.05) is 0 Å². The van der Waals surface area contributed by atoms with Gasteiger partial charge in [0.05, 0.1) is 5.52 Å². The summed E-state index contributed by atoms with van der Waals surface area (Å²) in [6, 6.07) is 8.99. The van der Waals surface area contributed by atoms with Crippen molar-refractivity contribution in [2.24, 2.45) is 5.92 Å². The molecule has 3 heteroatoms. The number of benzene rings is 1. The Bertz CT molecular complexity index is 490. The maximum absolute atomic E-state index is 4.53. The van der Waals surface area contributed by atoms with E-state index in [2.05, 4.69) is 54.7 Å². The summed E-state index contributed by atoms with van der Waals surface area (Å²) in [5.41, 5.74) is 1.13. The van der Waals surface area contributed by atoms with Crippen LogP contribution in [0.3, 0.4) is 0 Å². The lowest BCUT2D eigenvalue weighted by atomic mass is 9.99. The second-order valence-corrected chi connectivity index (χ2v) is 5.99. The molecule has 0 aliphatic heterocycles. The van der Waals surface area contributed by atoms with Crippen LogP contribution in [-0.4, -0.2) is 17.0 Å². The van der Waals surface area contributed by atoms with Crippen molar-refractivity contribution in [2.45, 2.75) is 39.7 Å². The Balaban J connectivity index is 2.15. The van der Waals surface area contributed by atoms with Crippen LogP contribution >= 0.6 is 11.5 Å². The minimum atomic E-state index is 0.550. The van der Waals surface area contributed by atoms with Gasteiger partial charge < -0.3 is 5.32 Å². The van der Waals surface area contributed by atoms with Crippen molar-refractivity contribution in [1.29, 1.82) is 0 Å². The molecule has 0 saturated heterocycles. The molecule has 0 saturated carbocycles. The van der Waals surface area contributed by atoms with Crippen LogP contribution in [-0.2, 0) is 6.42 Å². The van der Waals surface area contributed by atoms with Crippen molar-refractivity contribution in [3.05, 3.63) is 29.1 Å². The maximum Gasteiger partial charge on any atom is 0.0843 e. The first-order valence-electron chi connectivity index (χ1n) is 6.79. The van der Waals surface area contributed by atoms with E-state index >= 15 is 0 Å². The number of fused-ring (bicyclic) bond motifs is 1. The summed E-state index contributed by atoms with van der Waals surface area (Å²) in [6.07, 6.45) is 2.27. The number of aromatic nitrogens is 1. The lowest BCUT2D eigenvalue weighted by molar-refractivity contribution is 0.400. The predicted octanol–water partition coefficient (Wildman–Crippen LogP) is 3.86. The van der Waals surface area contributed by atoms with Gasteiger partial charge in [-0.2, -0.15) is 4.37 Å². The first-order valence-corrected chi connectivity index (χ1v) is 7.56. The Hall–Kier alpha value is -0.930. The molecule has 98 valence electrons. The summed E-state index contributed by atoms with van der Waals surface area (Å²) >= 11 is 1.65. The zero-order valence-corrected chi connectivity index (χ0v) is 12.3. The van der Waals surface area contributed by atoms with Crippen molar-refractivity contribution in [3.63, 3.8) is 0 Å². The van der Waals surface area contributed by atoms with Gasteiger partial charge in [-0.1, -0.05) is 39.0 Å². The van der Waals surface area contributed by atoms with Crippen LogP contribution in [0.2, 0.25) is 0 Å². The van der Waals surface area contributed by atoms with E-state index in [0.717, 1.165) is 18.5 Å². The summed E-state index contributed by atoms with van der Waals surface area (Å²) in [6.45, 7) is 7.89. The van der Waals surface area contributed by atoms with Gasteiger partial charge in [-0.3, -0.25) is 0 Å². The second-order valence-electron chi connectivity index (χ2n) is 5.13. The van der Waals surface area contributed by atoms with E-state index in [0.29, 0.717) is 12.0 Å². The van der Waals surface area contributed by atoms with Crippen LogP contribution in [0.25, 0.3) is 10.9 Å². The number of hydrogen-bond acceptors (Lipinski definition) is 3. The first kappa shape index (κ1) is 13.5. The molecule has 18 heavy (non-hydrogen) atoms. The van der Waals surface area contributed by atoms with Crippen molar-refractivity contribution < 1.29 is 0 Å². The van der Waals surface area contributed by atoms with Gasteiger partial charge in [-0.15, -0.1) is 0 Å². The summed E-state index contributed by atoms with van der Waals surface area (Å²) in [7, 11) is 0. The average Bonchev–Trinajstić information content (AvgIpc) is 2.77. The second kappa shape index (κ2) is 6.30. The Labute approximate surface area is 114 Å². The van der Waals surface area contributed by atoms with Crippen molar-refractivity contribution >= 4 is 22.4 Å². The molecule has 0 amide bonds. The lowest BCUT2D eigenvalue weighted by Crippen LogP contribution is -2.36. The molecule has 0 radical (unpaired) electrons. The highest BCUT2D eigenvalue weighted by Crippen LogP contribution is 2.24. The highest BCUT2D eigenvalue weighted by atomic mass is 32.1. The molecule has 1 heterocycles. The van der Waals surface area contributed by atoms with E-state index in [1.165, 1.54) is 16.7 Å². The smallest absolute Gasteiger partial charge is 0.0843 e. The first-order chi connectivity index (χ1) is 8.72. The van der Waals surface area contributed by atoms with Gasteiger partial charge >= 0.3 is 0 Å². The molecule has 1 N–H and O–H groups in total. The van der Waals surface area contributed by atoms with Gasteiger partial charge in [-0.25, -0.2) is 0 Å². The molecule has 2 nitrogen and oxygen atoms in total. The third kappa shape index (κ3) is 3.09. The molecule has 0 spiro atoms. The van der Waals surface area contributed by atoms with Gasteiger partial charge in [0, 0.05) is 16.3 Å². The Morgan fingerprint density at radius 2 is 2.06 bits per heavy atom. The Morgan fingerprint density at radius 1 is 1.28 bits per heavy atom. The van der Waals surface area contributed by atoms with E-state index in [-0.39, 0.29) is 0 Å². The SMILES string of the molecule is CCCNC(Cc1snc2ccccc12)C(C)C. The zero-order chi connectivity index (χ0) is 13.0. The molecular weight excluding hydrogens is 240 g/mol. The third-order valence-corrected chi connectivity index (χ3v) is 4.22. The lowest BCUT2D eigenvalue weighted by Gasteiger charge is -2.21. The molecule has 0 aliphatic carbocycles. The number of nitrogens with zero attached hydrogens (tertiary/aromatic N) is 1. The number of nitrogens with one attached hydrogen (secondary N) is 1. The topological polar surface area (TPSA) is 24.9 Å². The molecule has 1 aromatic carbocycles. The quantitative estimate of drug-likeness (QED) is 0.855. The zero-order valence-electron chi connectivity index (χ0n) is 11.4. The Kier molecular flexibility index (Phi) is 4.72. The normalized spacial score (nSPS) is 13.3. The molecule has 1 aromatic heterocycles. The van der Waals surface area contributed by atoms with Crippen LogP contribution in [0.15, 0.2) is 24.3 Å². The van der Waals surface area contributed by atoms with Crippen LogP contribution in [0.5, 0.6) is 0 Å². The van der Waals surface area contributed by atoms with E-state index in [9.17, 15) is 0 Å². The third-order valence-electron chi connectivity index (χ3n) is 3.33. The standard InChI is InChI=1S/C15H22N2S/c1-4-9-16-14(11(2)3)10-15-12-7-5-6-8-13(12)17-18-15/h5-8,11,14,16H,4,9-10H2,1-3H3. The molecule has 2 aromatic rings. The highest BCUT2D eigenvalue weighted by Gasteiger charge is 2.16. The van der Waals surface area contributed by atoms with Crippen LogP contribution in [0, 0.1) is 5.92 Å². The van der Waals surface area contributed by atoms with Gasteiger partial charge in [-0.05, 0) is 42.9 Å². The number of rotatable bonds is 6. The molecule has 0 aliphatic rings. The molecule has 1 atom stereocenters. The predicted molar refractivity (Wildman–Crippen MR) is 80.2 cm³/mol. The number of hydrogen-bond donors (Lipinski definition) is 1. The molecule has 2 rings (SSSR count). The van der Waals surface area contributed by atoms with Gasteiger partial charge in [0.15, 0.2) is 0 Å². The monoisotopic (exact) mass is 262 g/mol. The fourth-order valence-electron chi connectivity index (χ4n) is 2.16. The fraction of sp³-hybridized carbons (Fsp3) is 0.533. The summed E-state index contributed by atoms with van der Waals surface area (Å²) < 4.78 is 4.53. The van der Waals surface area contributed by atoms with Crippen molar-refractivity contribution in [2.75, 3.05) is 6.54 Å².